The van der Waals surface area contributed by atoms with Gasteiger partial charge in [0.15, 0.2) is 0 Å². The molecule has 2 atom stereocenters. The van der Waals surface area contributed by atoms with Gasteiger partial charge in [0, 0.05) is 6.20 Å². The lowest BCUT2D eigenvalue weighted by molar-refractivity contribution is 0.145. The van der Waals surface area contributed by atoms with Gasteiger partial charge in [-0.25, -0.2) is 4.98 Å². The molecule has 1 aromatic rings. The summed E-state index contributed by atoms with van der Waals surface area (Å²) in [6, 6.07) is 3.54. The lowest BCUT2D eigenvalue weighted by Crippen LogP contribution is -2.04. The first-order chi connectivity index (χ1) is 7.13. The molecule has 84 valence electrons. The van der Waals surface area contributed by atoms with Gasteiger partial charge in [-0.15, -0.1) is 0 Å². The molecule has 1 N–H and O–H groups in total. The summed E-state index contributed by atoms with van der Waals surface area (Å²) in [6.07, 6.45) is 4.30. The van der Waals surface area contributed by atoms with Gasteiger partial charge in [-0.2, -0.15) is 0 Å². The molecule has 1 rings (SSSR count). The molecule has 0 saturated carbocycles. The summed E-state index contributed by atoms with van der Waals surface area (Å²) < 4.78 is 0. The largest absolute Gasteiger partial charge is 0.388 e. The Morgan fingerprint density at radius 1 is 1.53 bits per heavy atom. The number of hydrogen-bond acceptors (Lipinski definition) is 2. The van der Waals surface area contributed by atoms with Crippen LogP contribution in [0.25, 0.3) is 0 Å². The molecule has 0 saturated heterocycles. The molecule has 1 heterocycles. The first kappa shape index (κ1) is 12.5. The fourth-order valence-electron chi connectivity index (χ4n) is 1.75. The predicted molar refractivity (Wildman–Crippen MR) is 62.9 cm³/mol. The van der Waals surface area contributed by atoms with E-state index < -0.39 is 6.10 Å². The van der Waals surface area contributed by atoms with Crippen molar-refractivity contribution in [3.8, 4) is 0 Å². The van der Waals surface area contributed by atoms with Crippen molar-refractivity contribution in [2.45, 2.75) is 39.2 Å². The highest BCUT2D eigenvalue weighted by atomic mass is 35.5. The van der Waals surface area contributed by atoms with E-state index in [4.69, 9.17) is 11.6 Å². The fourth-order valence-corrected chi connectivity index (χ4v) is 1.93. The Morgan fingerprint density at radius 3 is 2.87 bits per heavy atom. The van der Waals surface area contributed by atoms with Gasteiger partial charge in [-0.05, 0) is 30.0 Å². The molecular weight excluding hydrogens is 210 g/mol. The number of aliphatic hydroxyl groups excluding tert-OH is 1. The molecule has 2 unspecified atom stereocenters. The standard InChI is InChI=1S/C12H18ClNO/c1-3-4-9(2)7-11(15)10-5-6-14-12(13)8-10/h5-6,8-9,11,15H,3-4,7H2,1-2H3. The van der Waals surface area contributed by atoms with Gasteiger partial charge in [0.05, 0.1) is 6.10 Å². The van der Waals surface area contributed by atoms with Crippen molar-refractivity contribution in [2.24, 2.45) is 5.92 Å². The summed E-state index contributed by atoms with van der Waals surface area (Å²) in [6.45, 7) is 4.32. The lowest BCUT2D eigenvalue weighted by Gasteiger charge is -2.16. The number of rotatable bonds is 5. The van der Waals surface area contributed by atoms with Crippen LogP contribution >= 0.6 is 11.6 Å². The van der Waals surface area contributed by atoms with Crippen LogP contribution in [0.4, 0.5) is 0 Å². The van der Waals surface area contributed by atoms with Crippen molar-refractivity contribution in [1.82, 2.24) is 4.98 Å². The van der Waals surface area contributed by atoms with E-state index in [1.807, 2.05) is 6.07 Å². The molecule has 0 fully saturated rings. The lowest BCUT2D eigenvalue weighted by atomic mass is 9.95. The number of aromatic nitrogens is 1. The summed E-state index contributed by atoms with van der Waals surface area (Å²) in [5.41, 5.74) is 0.859. The first-order valence-electron chi connectivity index (χ1n) is 5.43. The SMILES string of the molecule is CCCC(C)CC(O)c1ccnc(Cl)c1. The van der Waals surface area contributed by atoms with Crippen LogP contribution in [0.5, 0.6) is 0 Å². The second-order valence-electron chi connectivity index (χ2n) is 4.06. The van der Waals surface area contributed by atoms with E-state index in [0.29, 0.717) is 11.1 Å². The third kappa shape index (κ3) is 4.18. The molecule has 2 nitrogen and oxygen atoms in total. The van der Waals surface area contributed by atoms with Crippen LogP contribution in [-0.2, 0) is 0 Å². The molecule has 15 heavy (non-hydrogen) atoms. The molecule has 0 radical (unpaired) electrons. The van der Waals surface area contributed by atoms with Crippen molar-refractivity contribution < 1.29 is 5.11 Å². The van der Waals surface area contributed by atoms with Gasteiger partial charge in [-0.3, -0.25) is 0 Å². The molecule has 1 aromatic heterocycles. The van der Waals surface area contributed by atoms with Crippen LogP contribution < -0.4 is 0 Å². The quantitative estimate of drug-likeness (QED) is 0.780. The Hall–Kier alpha value is -0.600. The van der Waals surface area contributed by atoms with Crippen LogP contribution in [-0.4, -0.2) is 10.1 Å². The van der Waals surface area contributed by atoms with E-state index in [2.05, 4.69) is 18.8 Å². The van der Waals surface area contributed by atoms with Gasteiger partial charge in [0.25, 0.3) is 0 Å². The Balaban J connectivity index is 2.56. The molecule has 0 aliphatic carbocycles. The average molecular weight is 228 g/mol. The highest BCUT2D eigenvalue weighted by Gasteiger charge is 2.12. The average Bonchev–Trinajstić information content (AvgIpc) is 2.18. The minimum Gasteiger partial charge on any atom is -0.388 e. The third-order valence-corrected chi connectivity index (χ3v) is 2.75. The van der Waals surface area contributed by atoms with Gasteiger partial charge >= 0.3 is 0 Å². The zero-order chi connectivity index (χ0) is 11.3. The van der Waals surface area contributed by atoms with E-state index in [1.165, 1.54) is 0 Å². The van der Waals surface area contributed by atoms with Crippen LogP contribution in [0, 0.1) is 5.92 Å². The smallest absolute Gasteiger partial charge is 0.129 e. The number of nitrogens with zero attached hydrogens (tertiary/aromatic N) is 1. The first-order valence-corrected chi connectivity index (χ1v) is 5.80. The molecule has 3 heteroatoms. The molecule has 0 aromatic carbocycles. The van der Waals surface area contributed by atoms with Crippen LogP contribution in [0.15, 0.2) is 18.3 Å². The van der Waals surface area contributed by atoms with Crippen LogP contribution in [0.2, 0.25) is 5.15 Å². The molecular formula is C12H18ClNO. The van der Waals surface area contributed by atoms with Crippen molar-refractivity contribution in [3.05, 3.63) is 29.0 Å². The van der Waals surface area contributed by atoms with E-state index in [1.54, 1.807) is 12.3 Å². The second-order valence-corrected chi connectivity index (χ2v) is 4.44. The Bertz CT molecular complexity index is 303. The second kappa shape index (κ2) is 6.09. The number of halogens is 1. The summed E-state index contributed by atoms with van der Waals surface area (Å²) in [5, 5.41) is 10.4. The zero-order valence-corrected chi connectivity index (χ0v) is 10.0. The summed E-state index contributed by atoms with van der Waals surface area (Å²) in [4.78, 5) is 3.89. The fraction of sp³-hybridized carbons (Fsp3) is 0.583. The van der Waals surface area contributed by atoms with E-state index in [9.17, 15) is 5.11 Å². The van der Waals surface area contributed by atoms with Crippen LogP contribution in [0.1, 0.15) is 44.8 Å². The number of hydrogen-bond donors (Lipinski definition) is 1. The maximum atomic E-state index is 9.96. The Labute approximate surface area is 96.3 Å². The summed E-state index contributed by atoms with van der Waals surface area (Å²) in [7, 11) is 0. The minimum atomic E-state index is -0.424. The Kier molecular flexibility index (Phi) is 5.06. The zero-order valence-electron chi connectivity index (χ0n) is 9.28. The number of aliphatic hydroxyl groups is 1. The van der Waals surface area contributed by atoms with E-state index in [0.717, 1.165) is 24.8 Å². The summed E-state index contributed by atoms with van der Waals surface area (Å²) in [5.74, 6) is 0.539. The maximum absolute atomic E-state index is 9.96. The molecule has 0 aliphatic rings. The summed E-state index contributed by atoms with van der Waals surface area (Å²) >= 11 is 5.76. The molecule has 0 spiro atoms. The van der Waals surface area contributed by atoms with E-state index >= 15 is 0 Å². The van der Waals surface area contributed by atoms with Gasteiger partial charge in [0.2, 0.25) is 0 Å². The predicted octanol–water partition coefficient (Wildman–Crippen LogP) is 3.59. The van der Waals surface area contributed by atoms with Gasteiger partial charge < -0.3 is 5.11 Å². The highest BCUT2D eigenvalue weighted by molar-refractivity contribution is 6.29. The van der Waals surface area contributed by atoms with Crippen molar-refractivity contribution >= 4 is 11.6 Å². The molecule has 0 aliphatic heterocycles. The molecule has 0 bridgehead atoms. The van der Waals surface area contributed by atoms with Gasteiger partial charge in [-0.1, -0.05) is 38.3 Å². The van der Waals surface area contributed by atoms with Crippen molar-refractivity contribution in [3.63, 3.8) is 0 Å². The van der Waals surface area contributed by atoms with Crippen LogP contribution in [0.3, 0.4) is 0 Å². The highest BCUT2D eigenvalue weighted by Crippen LogP contribution is 2.24. The Morgan fingerprint density at radius 2 is 2.27 bits per heavy atom. The van der Waals surface area contributed by atoms with Crippen molar-refractivity contribution in [2.75, 3.05) is 0 Å². The topological polar surface area (TPSA) is 33.1 Å². The van der Waals surface area contributed by atoms with Crippen molar-refractivity contribution in [1.29, 1.82) is 0 Å². The molecule has 0 amide bonds. The maximum Gasteiger partial charge on any atom is 0.129 e. The van der Waals surface area contributed by atoms with E-state index in [-0.39, 0.29) is 0 Å². The van der Waals surface area contributed by atoms with Gasteiger partial charge in [0.1, 0.15) is 5.15 Å². The monoisotopic (exact) mass is 227 g/mol. The normalized spacial score (nSPS) is 14.9. The third-order valence-electron chi connectivity index (χ3n) is 2.54. The number of pyridine rings is 1. The minimum absolute atomic E-state index is 0.424.